The molecule has 0 aliphatic rings. The second-order valence-electron chi connectivity index (χ2n) is 2.40. The molecule has 0 bridgehead atoms. The van der Waals surface area contributed by atoms with Crippen LogP contribution in [0.5, 0.6) is 11.5 Å². The van der Waals surface area contributed by atoms with Crippen molar-refractivity contribution >= 4 is 12.0 Å². The lowest BCUT2D eigenvalue weighted by atomic mass is 10.2. The van der Waals surface area contributed by atoms with Crippen molar-refractivity contribution in [2.24, 2.45) is 0 Å². The van der Waals surface area contributed by atoms with E-state index in [0.717, 1.165) is 6.08 Å². The van der Waals surface area contributed by atoms with Crippen LogP contribution >= 0.6 is 0 Å². The average Bonchev–Trinajstić information content (AvgIpc) is 2.07. The van der Waals surface area contributed by atoms with Gasteiger partial charge in [-0.1, -0.05) is 17.9 Å². The smallest absolute Gasteiger partial charge is 0.328 e. The molecule has 14 heavy (non-hydrogen) atoms. The first-order valence-electron chi connectivity index (χ1n) is 3.50. The zero-order valence-electron chi connectivity index (χ0n) is 7.60. The first-order valence-corrected chi connectivity index (χ1v) is 3.50. The van der Waals surface area contributed by atoms with Crippen LogP contribution in [0.3, 0.4) is 0 Å². The molecular formula is C9H11NO4. The van der Waals surface area contributed by atoms with Crippen molar-refractivity contribution in [2.75, 3.05) is 0 Å². The van der Waals surface area contributed by atoms with Gasteiger partial charge in [-0.2, -0.15) is 0 Å². The highest BCUT2D eigenvalue weighted by Gasteiger charge is 1.92. The van der Waals surface area contributed by atoms with Crippen molar-refractivity contribution in [1.29, 1.82) is 0 Å². The molecule has 1 aromatic rings. The van der Waals surface area contributed by atoms with E-state index in [4.69, 9.17) is 10.2 Å². The fourth-order valence-electron chi connectivity index (χ4n) is 0.806. The molecule has 0 heterocycles. The molecule has 0 fully saturated rings. The van der Waals surface area contributed by atoms with Crippen LogP contribution in [0, 0.1) is 0 Å². The second-order valence-corrected chi connectivity index (χ2v) is 2.40. The van der Waals surface area contributed by atoms with E-state index in [2.05, 4.69) is 0 Å². The number of aliphatic carboxylic acids is 1. The standard InChI is InChI=1S/C9H8O4.H3N/c10-7-3-1-6(5-8(7)11)2-4-9(12)13;/h1-5,10-11H,(H,12,13);1H3/b4-2+;. The van der Waals surface area contributed by atoms with Gasteiger partial charge in [0.1, 0.15) is 5.75 Å². The number of carboxylic acid groups (broad SMARTS) is 1. The molecule has 0 saturated carbocycles. The maximum atomic E-state index is 10.7. The average molecular weight is 197 g/mol. The third-order valence-electron chi connectivity index (χ3n) is 1.40. The Morgan fingerprint density at radius 3 is 2.57 bits per heavy atom. The summed E-state index contributed by atoms with van der Waals surface area (Å²) in [6.45, 7) is 0. The van der Waals surface area contributed by atoms with E-state index >= 15 is 0 Å². The molecule has 0 aliphatic heterocycles. The Hall–Kier alpha value is -2.01. The van der Waals surface area contributed by atoms with Gasteiger partial charge in [0, 0.05) is 6.08 Å². The van der Waals surface area contributed by atoms with E-state index in [1.54, 1.807) is 0 Å². The summed E-state index contributed by atoms with van der Waals surface area (Å²) in [5.41, 5.74) is 0.472. The van der Waals surface area contributed by atoms with Gasteiger partial charge < -0.3 is 21.5 Å². The fraction of sp³-hybridized carbons (Fsp3) is 0. The van der Waals surface area contributed by atoms with Gasteiger partial charge in [0.25, 0.3) is 0 Å². The van der Waals surface area contributed by atoms with Crippen LogP contribution in [0.4, 0.5) is 0 Å². The Kier molecular flexibility index (Phi) is 4.18. The number of rotatable bonds is 2. The minimum atomic E-state index is -1.08. The molecule has 1 aromatic carbocycles. The molecule has 0 radical (unpaired) electrons. The Bertz CT molecular complexity index is 360. The van der Waals surface area contributed by atoms with Crippen LogP contribution in [-0.4, -0.2) is 16.2 Å². The zero-order valence-corrected chi connectivity index (χ0v) is 7.60. The molecular weight excluding hydrogens is 186 g/mol. The summed E-state index contributed by atoms with van der Waals surface area (Å²) in [7, 11) is 0. The van der Waals surface area contributed by atoms with Gasteiger partial charge in [0.05, 0.1) is 0 Å². The number of aromatic hydroxyl groups is 1. The van der Waals surface area contributed by atoms with E-state index in [-0.39, 0.29) is 11.9 Å². The monoisotopic (exact) mass is 197 g/mol. The molecule has 1 rings (SSSR count). The highest BCUT2D eigenvalue weighted by atomic mass is 16.4. The Morgan fingerprint density at radius 2 is 2.07 bits per heavy atom. The Morgan fingerprint density at radius 1 is 1.43 bits per heavy atom. The second kappa shape index (κ2) is 4.88. The largest absolute Gasteiger partial charge is 0.870 e. The number of hydrogen-bond donors (Lipinski definition) is 3. The number of phenols is 1. The molecule has 6 N–H and O–H groups in total. The van der Waals surface area contributed by atoms with Crippen molar-refractivity contribution in [3.63, 3.8) is 0 Å². The summed E-state index contributed by atoms with van der Waals surface area (Å²) < 4.78 is 0. The number of benzene rings is 1. The van der Waals surface area contributed by atoms with Crippen LogP contribution in [-0.2, 0) is 4.79 Å². The lowest BCUT2D eigenvalue weighted by Crippen LogP contribution is -1.90. The Labute approximate surface area is 80.5 Å². The molecule has 76 valence electrons. The summed E-state index contributed by atoms with van der Waals surface area (Å²) in [4.78, 5) is 10.1. The minimum Gasteiger partial charge on any atom is -0.870 e. The van der Waals surface area contributed by atoms with Gasteiger partial charge in [0.2, 0.25) is 0 Å². The van der Waals surface area contributed by atoms with E-state index < -0.39 is 11.7 Å². The predicted octanol–water partition coefficient (Wildman–Crippen LogP) is 0.940. The lowest BCUT2D eigenvalue weighted by Gasteiger charge is -2.07. The van der Waals surface area contributed by atoms with Crippen LogP contribution in [0.1, 0.15) is 5.56 Å². The third-order valence-corrected chi connectivity index (χ3v) is 1.40. The summed E-state index contributed by atoms with van der Waals surface area (Å²) in [5, 5.41) is 28.0. The number of hydrogen-bond acceptors (Lipinski definition) is 3. The normalized spacial score (nSPS) is 9.71. The van der Waals surface area contributed by atoms with Crippen LogP contribution in [0.15, 0.2) is 24.3 Å². The maximum Gasteiger partial charge on any atom is 0.328 e. The molecule has 0 amide bonds. The van der Waals surface area contributed by atoms with Crippen molar-refractivity contribution in [2.45, 2.75) is 0 Å². The highest BCUT2D eigenvalue weighted by molar-refractivity contribution is 5.85. The van der Waals surface area contributed by atoms with Crippen molar-refractivity contribution in [3.05, 3.63) is 29.8 Å². The number of carboxylic acids is 1. The molecule has 0 unspecified atom stereocenters. The van der Waals surface area contributed by atoms with Gasteiger partial charge in [-0.25, -0.2) is 4.79 Å². The first kappa shape index (κ1) is 12.0. The van der Waals surface area contributed by atoms with Crippen LogP contribution in [0.2, 0.25) is 0 Å². The Balaban J connectivity index is 0.00000169. The predicted molar refractivity (Wildman–Crippen MR) is 50.2 cm³/mol. The summed E-state index contributed by atoms with van der Waals surface area (Å²) in [6, 6.07) is 3.82. The third kappa shape index (κ3) is 3.16. The topological polar surface area (TPSA) is 117 Å². The van der Waals surface area contributed by atoms with E-state index in [1.807, 2.05) is 0 Å². The molecule has 0 aromatic heterocycles. The van der Waals surface area contributed by atoms with Crippen molar-refractivity contribution in [1.82, 2.24) is 6.15 Å². The van der Waals surface area contributed by atoms with E-state index in [9.17, 15) is 9.90 Å². The quantitative estimate of drug-likeness (QED) is 0.611. The minimum absolute atomic E-state index is 0. The number of phenolic OH excluding ortho intramolecular Hbond substituents is 1. The molecule has 5 nitrogen and oxygen atoms in total. The first-order chi connectivity index (χ1) is 6.09. The van der Waals surface area contributed by atoms with Gasteiger partial charge in [-0.15, -0.1) is 0 Å². The maximum absolute atomic E-state index is 10.7. The fourth-order valence-corrected chi connectivity index (χ4v) is 0.806. The summed E-state index contributed by atoms with van der Waals surface area (Å²) in [6.07, 6.45) is 2.22. The molecule has 0 atom stereocenters. The van der Waals surface area contributed by atoms with Gasteiger partial charge >= 0.3 is 5.97 Å². The van der Waals surface area contributed by atoms with Crippen LogP contribution < -0.4 is 11.3 Å². The van der Waals surface area contributed by atoms with Crippen LogP contribution in [0.25, 0.3) is 6.08 Å². The zero-order chi connectivity index (χ0) is 9.84. The van der Waals surface area contributed by atoms with E-state index in [1.165, 1.54) is 24.3 Å². The lowest BCUT2D eigenvalue weighted by molar-refractivity contribution is -0.270. The van der Waals surface area contributed by atoms with Crippen molar-refractivity contribution in [3.8, 4) is 11.5 Å². The summed E-state index contributed by atoms with van der Waals surface area (Å²) in [5.74, 6) is -1.94. The molecule has 0 aliphatic carbocycles. The SMILES string of the molecule is O=C(O)/C=C/c1ccc([O-])c(O)c1.[NH4+]. The summed E-state index contributed by atoms with van der Waals surface area (Å²) >= 11 is 0. The number of carbonyl (C=O) groups is 1. The molecule has 5 heteroatoms. The number of quaternary nitrogens is 1. The van der Waals surface area contributed by atoms with Crippen molar-refractivity contribution < 1.29 is 20.1 Å². The van der Waals surface area contributed by atoms with Gasteiger partial charge in [0.15, 0.2) is 0 Å². The molecule has 0 saturated heterocycles. The van der Waals surface area contributed by atoms with Gasteiger partial charge in [-0.05, 0) is 17.7 Å². The van der Waals surface area contributed by atoms with E-state index in [0.29, 0.717) is 5.56 Å². The van der Waals surface area contributed by atoms with Gasteiger partial charge in [-0.3, -0.25) is 0 Å². The highest BCUT2D eigenvalue weighted by Crippen LogP contribution is 2.22. The molecule has 0 spiro atoms.